The minimum Gasteiger partial charge on any atom is -0.395 e. The van der Waals surface area contributed by atoms with E-state index in [4.69, 9.17) is 0 Å². The lowest BCUT2D eigenvalue weighted by molar-refractivity contribution is 0.0729. The van der Waals surface area contributed by atoms with E-state index in [2.05, 4.69) is 5.10 Å². The molecule has 0 fully saturated rings. The molecular weight excluding hydrogens is 302 g/mol. The highest BCUT2D eigenvalue weighted by Crippen LogP contribution is 2.26. The smallest absolute Gasteiger partial charge is 0.257 e. The van der Waals surface area contributed by atoms with Crippen LogP contribution >= 0.6 is 0 Å². The topological polar surface area (TPSA) is 58.4 Å². The molecule has 24 heavy (non-hydrogen) atoms. The molecule has 0 bridgehead atoms. The van der Waals surface area contributed by atoms with Gasteiger partial charge in [0.1, 0.15) is 0 Å². The molecular formula is C19H27N3O2. The molecule has 5 heteroatoms. The number of carbonyl (C=O) groups is 1. The van der Waals surface area contributed by atoms with Gasteiger partial charge in [0.2, 0.25) is 0 Å². The number of carbonyl (C=O) groups excluding carboxylic acids is 1. The maximum absolute atomic E-state index is 12.9. The number of hydrogen-bond acceptors (Lipinski definition) is 3. The van der Waals surface area contributed by atoms with Crippen molar-refractivity contribution >= 4 is 5.91 Å². The van der Waals surface area contributed by atoms with Gasteiger partial charge in [-0.15, -0.1) is 0 Å². The van der Waals surface area contributed by atoms with Gasteiger partial charge in [-0.2, -0.15) is 5.10 Å². The van der Waals surface area contributed by atoms with E-state index in [1.807, 2.05) is 58.9 Å². The molecule has 0 saturated carbocycles. The van der Waals surface area contributed by atoms with Crippen LogP contribution in [-0.4, -0.2) is 45.4 Å². The summed E-state index contributed by atoms with van der Waals surface area (Å²) < 4.78 is 1.76. The van der Waals surface area contributed by atoms with E-state index in [-0.39, 0.29) is 17.9 Å². The lowest BCUT2D eigenvalue weighted by Gasteiger charge is -2.22. The van der Waals surface area contributed by atoms with Gasteiger partial charge in [0.15, 0.2) is 0 Å². The van der Waals surface area contributed by atoms with Gasteiger partial charge >= 0.3 is 0 Å². The third-order valence-electron chi connectivity index (χ3n) is 3.99. The fourth-order valence-corrected chi connectivity index (χ4v) is 2.61. The van der Waals surface area contributed by atoms with Crippen molar-refractivity contribution in [2.75, 3.05) is 19.7 Å². The quantitative estimate of drug-likeness (QED) is 0.917. The second-order valence-electron chi connectivity index (χ2n) is 7.03. The summed E-state index contributed by atoms with van der Waals surface area (Å²) in [5.74, 6) is -0.0881. The lowest BCUT2D eigenvalue weighted by Crippen LogP contribution is -2.34. The van der Waals surface area contributed by atoms with Crippen LogP contribution in [0.1, 0.15) is 49.3 Å². The number of aliphatic hydroxyl groups excluding tert-OH is 1. The third-order valence-corrected chi connectivity index (χ3v) is 3.99. The zero-order valence-electron chi connectivity index (χ0n) is 15.2. The van der Waals surface area contributed by atoms with Crippen LogP contribution in [0.25, 0.3) is 5.69 Å². The Kier molecular flexibility index (Phi) is 5.44. The maximum atomic E-state index is 12.9. The summed E-state index contributed by atoms with van der Waals surface area (Å²) in [7, 11) is 0. The van der Waals surface area contributed by atoms with Gasteiger partial charge in [-0.1, -0.05) is 38.5 Å². The SMILES string of the molecule is CCN(CCO)C(=O)c1cn(-c2ccc(C)cc2)nc1C(C)(C)C. The molecule has 0 atom stereocenters. The number of hydrogen-bond donors (Lipinski definition) is 1. The Morgan fingerprint density at radius 1 is 1.25 bits per heavy atom. The zero-order valence-corrected chi connectivity index (χ0v) is 15.2. The van der Waals surface area contributed by atoms with Crippen LogP contribution in [0.3, 0.4) is 0 Å². The van der Waals surface area contributed by atoms with Crippen LogP contribution < -0.4 is 0 Å². The van der Waals surface area contributed by atoms with Crippen molar-refractivity contribution in [2.45, 2.75) is 40.0 Å². The number of rotatable bonds is 5. The van der Waals surface area contributed by atoms with E-state index < -0.39 is 0 Å². The molecule has 0 radical (unpaired) electrons. The second-order valence-corrected chi connectivity index (χ2v) is 7.03. The van der Waals surface area contributed by atoms with Gasteiger partial charge in [0.25, 0.3) is 5.91 Å². The molecule has 1 amide bonds. The standard InChI is InChI=1S/C19H27N3O2/c1-6-21(11-12-23)18(24)16-13-22(20-17(16)19(3,4)5)15-9-7-14(2)8-10-15/h7-10,13,23H,6,11-12H2,1-5H3. The Morgan fingerprint density at radius 3 is 2.38 bits per heavy atom. The molecule has 0 spiro atoms. The highest BCUT2D eigenvalue weighted by molar-refractivity contribution is 5.95. The molecule has 130 valence electrons. The maximum Gasteiger partial charge on any atom is 0.257 e. The third kappa shape index (κ3) is 3.85. The number of nitrogens with zero attached hydrogens (tertiary/aromatic N) is 3. The van der Waals surface area contributed by atoms with Gasteiger partial charge < -0.3 is 10.0 Å². The van der Waals surface area contributed by atoms with Crippen LogP contribution in [0.2, 0.25) is 0 Å². The number of aromatic nitrogens is 2. The highest BCUT2D eigenvalue weighted by Gasteiger charge is 2.28. The Hall–Kier alpha value is -2.14. The van der Waals surface area contributed by atoms with Gasteiger partial charge in [0, 0.05) is 24.7 Å². The largest absolute Gasteiger partial charge is 0.395 e. The van der Waals surface area contributed by atoms with Crippen LogP contribution in [0, 0.1) is 6.92 Å². The molecule has 0 aliphatic carbocycles. The molecule has 0 aliphatic rings. The van der Waals surface area contributed by atoms with E-state index in [0.717, 1.165) is 11.4 Å². The number of aliphatic hydroxyl groups is 1. The van der Waals surface area contributed by atoms with E-state index in [0.29, 0.717) is 18.7 Å². The van der Waals surface area contributed by atoms with E-state index in [1.54, 1.807) is 15.8 Å². The summed E-state index contributed by atoms with van der Waals surface area (Å²) in [5.41, 5.74) is 3.22. The number of aryl methyl sites for hydroxylation is 1. The van der Waals surface area contributed by atoms with Crippen molar-refractivity contribution < 1.29 is 9.90 Å². The predicted octanol–water partition coefficient (Wildman–Crippen LogP) is 2.93. The van der Waals surface area contributed by atoms with E-state index >= 15 is 0 Å². The molecule has 2 rings (SSSR count). The lowest BCUT2D eigenvalue weighted by atomic mass is 9.89. The summed E-state index contributed by atoms with van der Waals surface area (Å²) in [5, 5.41) is 13.9. The van der Waals surface area contributed by atoms with E-state index in [1.165, 1.54) is 5.56 Å². The molecule has 0 aliphatic heterocycles. The Labute approximate surface area is 143 Å². The number of amides is 1. The molecule has 0 unspecified atom stereocenters. The molecule has 1 heterocycles. The summed E-state index contributed by atoms with van der Waals surface area (Å²) in [6.07, 6.45) is 1.80. The van der Waals surface area contributed by atoms with Gasteiger partial charge in [-0.05, 0) is 26.0 Å². The first kappa shape index (κ1) is 18.2. The Bertz CT molecular complexity index is 696. The summed E-state index contributed by atoms with van der Waals surface area (Å²) in [6.45, 7) is 10.9. The Morgan fingerprint density at radius 2 is 1.88 bits per heavy atom. The molecule has 1 aromatic carbocycles. The first-order valence-electron chi connectivity index (χ1n) is 8.35. The van der Waals surface area contributed by atoms with Gasteiger partial charge in [-0.3, -0.25) is 4.79 Å². The van der Waals surface area contributed by atoms with Crippen LogP contribution in [0.5, 0.6) is 0 Å². The number of benzene rings is 1. The van der Waals surface area contributed by atoms with Crippen molar-refractivity contribution in [3.63, 3.8) is 0 Å². The first-order chi connectivity index (χ1) is 11.3. The van der Waals surface area contributed by atoms with Crippen molar-refractivity contribution in [2.24, 2.45) is 0 Å². The fraction of sp³-hybridized carbons (Fsp3) is 0.474. The van der Waals surface area contributed by atoms with Crippen molar-refractivity contribution in [3.8, 4) is 5.69 Å². The molecule has 1 aromatic heterocycles. The van der Waals surface area contributed by atoms with Crippen molar-refractivity contribution in [3.05, 3.63) is 47.3 Å². The van der Waals surface area contributed by atoms with Gasteiger partial charge in [0.05, 0.1) is 23.6 Å². The molecule has 1 N–H and O–H groups in total. The van der Waals surface area contributed by atoms with Crippen LogP contribution in [0.15, 0.2) is 30.5 Å². The number of likely N-dealkylation sites (N-methyl/N-ethyl adjacent to an activating group) is 1. The minimum absolute atomic E-state index is 0.0451. The monoisotopic (exact) mass is 329 g/mol. The van der Waals surface area contributed by atoms with E-state index in [9.17, 15) is 9.90 Å². The average molecular weight is 329 g/mol. The first-order valence-corrected chi connectivity index (χ1v) is 8.35. The molecule has 5 nitrogen and oxygen atoms in total. The zero-order chi connectivity index (χ0) is 17.9. The van der Waals surface area contributed by atoms with Crippen LogP contribution in [-0.2, 0) is 5.41 Å². The summed E-state index contributed by atoms with van der Waals surface area (Å²) in [6, 6.07) is 8.04. The normalized spacial score (nSPS) is 11.6. The van der Waals surface area contributed by atoms with Gasteiger partial charge in [-0.25, -0.2) is 4.68 Å². The highest BCUT2D eigenvalue weighted by atomic mass is 16.3. The molecule has 0 saturated heterocycles. The fourth-order valence-electron chi connectivity index (χ4n) is 2.61. The van der Waals surface area contributed by atoms with Crippen LogP contribution in [0.4, 0.5) is 0 Å². The minimum atomic E-state index is -0.250. The predicted molar refractivity (Wildman–Crippen MR) is 95.7 cm³/mol. The summed E-state index contributed by atoms with van der Waals surface area (Å²) in [4.78, 5) is 14.5. The average Bonchev–Trinajstić information content (AvgIpc) is 2.98. The molecule has 2 aromatic rings. The van der Waals surface area contributed by atoms with Crippen molar-refractivity contribution in [1.29, 1.82) is 0 Å². The summed E-state index contributed by atoms with van der Waals surface area (Å²) >= 11 is 0. The second kappa shape index (κ2) is 7.18. The Balaban J connectivity index is 2.50. The van der Waals surface area contributed by atoms with Crippen molar-refractivity contribution in [1.82, 2.24) is 14.7 Å².